The number of rotatable bonds is 2. The number of oxime groups is 1. The predicted molar refractivity (Wildman–Crippen MR) is 78.3 cm³/mol. The molecule has 1 aliphatic heterocycles. The zero-order valence-corrected chi connectivity index (χ0v) is 11.8. The van der Waals surface area contributed by atoms with Crippen LogP contribution >= 0.6 is 11.6 Å². The van der Waals surface area contributed by atoms with E-state index in [1.807, 2.05) is 12.1 Å². The molecule has 0 amide bonds. The van der Waals surface area contributed by atoms with Gasteiger partial charge >= 0.3 is 0 Å². The fourth-order valence-corrected chi connectivity index (χ4v) is 2.57. The number of amidine groups is 1. The Morgan fingerprint density at radius 3 is 2.79 bits per heavy atom. The van der Waals surface area contributed by atoms with E-state index in [-0.39, 0.29) is 5.84 Å². The highest BCUT2D eigenvalue weighted by molar-refractivity contribution is 6.33. The number of nitrogens with two attached hydrogens (primary N) is 1. The van der Waals surface area contributed by atoms with E-state index in [4.69, 9.17) is 22.5 Å². The number of likely N-dealkylation sites (N-methyl/N-ethyl adjacent to an activating group) is 1. The topological polar surface area (TPSA) is 65.1 Å². The first-order chi connectivity index (χ1) is 9.11. The highest BCUT2D eigenvalue weighted by Crippen LogP contribution is 2.27. The third-order valence-electron chi connectivity index (χ3n) is 3.41. The lowest BCUT2D eigenvalue weighted by molar-refractivity contribution is 0.318. The van der Waals surface area contributed by atoms with Gasteiger partial charge in [0, 0.05) is 25.2 Å². The number of halogens is 1. The SMILES string of the molecule is CN1CCCN(c2ccc(C(N)=NO)cc2Cl)CC1. The van der Waals surface area contributed by atoms with Crippen molar-refractivity contribution in [3.05, 3.63) is 28.8 Å². The number of anilines is 1. The number of hydrogen-bond donors (Lipinski definition) is 2. The first kappa shape index (κ1) is 14.0. The molecule has 6 heteroatoms. The van der Waals surface area contributed by atoms with Crippen LogP contribution in [0.3, 0.4) is 0 Å². The molecule has 0 radical (unpaired) electrons. The van der Waals surface area contributed by atoms with Gasteiger partial charge < -0.3 is 20.7 Å². The quantitative estimate of drug-likeness (QED) is 0.374. The standard InChI is InChI=1S/C13H19ClN4O/c1-17-5-2-6-18(8-7-17)12-4-3-10(9-11(12)14)13(15)16-19/h3-4,9,19H,2,5-8H2,1H3,(H2,15,16). The Hall–Kier alpha value is -1.46. The normalized spacial score (nSPS) is 18.4. The fourth-order valence-electron chi connectivity index (χ4n) is 2.27. The van der Waals surface area contributed by atoms with Crippen molar-refractivity contribution in [2.75, 3.05) is 38.1 Å². The minimum Gasteiger partial charge on any atom is -0.409 e. The second kappa shape index (κ2) is 6.12. The van der Waals surface area contributed by atoms with Crippen molar-refractivity contribution in [3.8, 4) is 0 Å². The summed E-state index contributed by atoms with van der Waals surface area (Å²) in [6.45, 7) is 4.08. The van der Waals surface area contributed by atoms with Gasteiger partial charge in [0.1, 0.15) is 0 Å². The first-order valence-electron chi connectivity index (χ1n) is 6.33. The van der Waals surface area contributed by atoms with E-state index in [1.165, 1.54) is 0 Å². The van der Waals surface area contributed by atoms with E-state index in [0.717, 1.165) is 38.3 Å². The molecule has 1 aliphatic rings. The van der Waals surface area contributed by atoms with Gasteiger partial charge in [-0.3, -0.25) is 0 Å². The summed E-state index contributed by atoms with van der Waals surface area (Å²) in [6.07, 6.45) is 1.12. The van der Waals surface area contributed by atoms with Crippen LogP contribution < -0.4 is 10.6 Å². The molecule has 0 saturated carbocycles. The van der Waals surface area contributed by atoms with Gasteiger partial charge in [-0.15, -0.1) is 0 Å². The molecule has 1 saturated heterocycles. The van der Waals surface area contributed by atoms with Gasteiger partial charge in [-0.05, 0) is 38.2 Å². The molecule has 0 unspecified atom stereocenters. The van der Waals surface area contributed by atoms with Crippen molar-refractivity contribution in [1.82, 2.24) is 4.90 Å². The van der Waals surface area contributed by atoms with Crippen LogP contribution in [-0.4, -0.2) is 49.2 Å². The fraction of sp³-hybridized carbons (Fsp3) is 0.462. The molecule has 104 valence electrons. The monoisotopic (exact) mass is 282 g/mol. The van der Waals surface area contributed by atoms with Crippen LogP contribution in [0.25, 0.3) is 0 Å². The van der Waals surface area contributed by atoms with Gasteiger partial charge in [0.15, 0.2) is 5.84 Å². The zero-order chi connectivity index (χ0) is 13.8. The first-order valence-corrected chi connectivity index (χ1v) is 6.70. The van der Waals surface area contributed by atoms with Crippen LogP contribution in [0.4, 0.5) is 5.69 Å². The lowest BCUT2D eigenvalue weighted by Gasteiger charge is -2.24. The molecular weight excluding hydrogens is 264 g/mol. The molecular formula is C13H19ClN4O. The van der Waals surface area contributed by atoms with Crippen molar-refractivity contribution in [3.63, 3.8) is 0 Å². The summed E-state index contributed by atoms with van der Waals surface area (Å²) in [5.74, 6) is 0.0732. The van der Waals surface area contributed by atoms with Crippen molar-refractivity contribution in [1.29, 1.82) is 0 Å². The van der Waals surface area contributed by atoms with Gasteiger partial charge in [-0.2, -0.15) is 0 Å². The second-order valence-electron chi connectivity index (χ2n) is 4.80. The lowest BCUT2D eigenvalue weighted by atomic mass is 10.1. The zero-order valence-electron chi connectivity index (χ0n) is 11.0. The Bertz CT molecular complexity index is 478. The van der Waals surface area contributed by atoms with Gasteiger partial charge in [0.2, 0.25) is 0 Å². The van der Waals surface area contributed by atoms with Crippen LogP contribution in [0.15, 0.2) is 23.4 Å². The molecule has 1 fully saturated rings. The molecule has 1 aromatic carbocycles. The Morgan fingerprint density at radius 2 is 2.11 bits per heavy atom. The molecule has 2 rings (SSSR count). The van der Waals surface area contributed by atoms with Crippen LogP contribution in [0, 0.1) is 0 Å². The second-order valence-corrected chi connectivity index (χ2v) is 5.20. The Morgan fingerprint density at radius 1 is 1.32 bits per heavy atom. The van der Waals surface area contributed by atoms with Crippen LogP contribution in [0.5, 0.6) is 0 Å². The van der Waals surface area contributed by atoms with Crippen molar-refractivity contribution in [2.45, 2.75) is 6.42 Å². The van der Waals surface area contributed by atoms with E-state index in [1.54, 1.807) is 6.07 Å². The molecule has 1 aromatic rings. The van der Waals surface area contributed by atoms with Crippen molar-refractivity contribution in [2.24, 2.45) is 10.9 Å². The van der Waals surface area contributed by atoms with Crippen LogP contribution in [-0.2, 0) is 0 Å². The number of nitrogens with zero attached hydrogens (tertiary/aromatic N) is 3. The Labute approximate surface area is 118 Å². The third kappa shape index (κ3) is 3.30. The summed E-state index contributed by atoms with van der Waals surface area (Å²) >= 11 is 6.31. The molecule has 19 heavy (non-hydrogen) atoms. The minimum atomic E-state index is 0.0732. The summed E-state index contributed by atoms with van der Waals surface area (Å²) in [7, 11) is 2.13. The average Bonchev–Trinajstić information content (AvgIpc) is 2.62. The van der Waals surface area contributed by atoms with Crippen molar-refractivity contribution < 1.29 is 5.21 Å². The Kier molecular flexibility index (Phi) is 4.50. The van der Waals surface area contributed by atoms with E-state index in [0.29, 0.717) is 10.6 Å². The maximum absolute atomic E-state index is 8.67. The smallest absolute Gasteiger partial charge is 0.170 e. The van der Waals surface area contributed by atoms with Gasteiger partial charge in [0.25, 0.3) is 0 Å². The van der Waals surface area contributed by atoms with Crippen molar-refractivity contribution >= 4 is 23.1 Å². The molecule has 5 nitrogen and oxygen atoms in total. The summed E-state index contributed by atoms with van der Waals surface area (Å²) in [5, 5.41) is 12.3. The number of hydrogen-bond acceptors (Lipinski definition) is 4. The highest BCUT2D eigenvalue weighted by atomic mass is 35.5. The van der Waals surface area contributed by atoms with E-state index >= 15 is 0 Å². The maximum Gasteiger partial charge on any atom is 0.170 e. The maximum atomic E-state index is 8.67. The third-order valence-corrected chi connectivity index (χ3v) is 3.71. The van der Waals surface area contributed by atoms with E-state index in [9.17, 15) is 0 Å². The highest BCUT2D eigenvalue weighted by Gasteiger charge is 2.15. The van der Waals surface area contributed by atoms with Gasteiger partial charge in [-0.1, -0.05) is 16.8 Å². The molecule has 3 N–H and O–H groups in total. The molecule has 0 aliphatic carbocycles. The summed E-state index contributed by atoms with van der Waals surface area (Å²) in [5.41, 5.74) is 7.19. The van der Waals surface area contributed by atoms with Crippen LogP contribution in [0.1, 0.15) is 12.0 Å². The van der Waals surface area contributed by atoms with Gasteiger partial charge in [-0.25, -0.2) is 0 Å². The summed E-state index contributed by atoms with van der Waals surface area (Å²) in [4.78, 5) is 4.60. The Balaban J connectivity index is 2.21. The minimum absolute atomic E-state index is 0.0732. The van der Waals surface area contributed by atoms with Gasteiger partial charge in [0.05, 0.1) is 10.7 Å². The summed E-state index contributed by atoms with van der Waals surface area (Å²) < 4.78 is 0. The largest absolute Gasteiger partial charge is 0.409 e. The number of benzene rings is 1. The molecule has 1 heterocycles. The van der Waals surface area contributed by atoms with E-state index < -0.39 is 0 Å². The molecule has 0 aromatic heterocycles. The lowest BCUT2D eigenvalue weighted by Crippen LogP contribution is -2.29. The summed E-state index contributed by atoms with van der Waals surface area (Å²) in [6, 6.07) is 5.49. The van der Waals surface area contributed by atoms with Crippen LogP contribution in [0.2, 0.25) is 5.02 Å². The average molecular weight is 283 g/mol. The predicted octanol–water partition coefficient (Wildman–Crippen LogP) is 1.58. The molecule has 0 bridgehead atoms. The molecule has 0 spiro atoms. The van der Waals surface area contributed by atoms with E-state index in [2.05, 4.69) is 22.0 Å². The molecule has 0 atom stereocenters.